The highest BCUT2D eigenvalue weighted by Gasteiger charge is 2.31. The fourth-order valence-electron chi connectivity index (χ4n) is 3.37. The summed E-state index contributed by atoms with van der Waals surface area (Å²) in [6.07, 6.45) is 0. The highest BCUT2D eigenvalue weighted by atomic mass is 32.2. The first-order valence-corrected chi connectivity index (χ1v) is 10.4. The van der Waals surface area contributed by atoms with E-state index in [2.05, 4.69) is 0 Å². The van der Waals surface area contributed by atoms with Crippen molar-refractivity contribution in [2.75, 3.05) is 32.7 Å². The Labute approximate surface area is 163 Å². The molecule has 0 saturated carbocycles. The average Bonchev–Trinajstić information content (AvgIpc) is 2.91. The Morgan fingerprint density at radius 3 is 2.29 bits per heavy atom. The van der Waals surface area contributed by atoms with E-state index in [1.807, 2.05) is 36.4 Å². The lowest BCUT2D eigenvalue weighted by molar-refractivity contribution is 0.0901. The molecule has 1 aromatic carbocycles. The molecule has 0 radical (unpaired) electrons. The molecule has 0 N–H and O–H groups in total. The van der Waals surface area contributed by atoms with E-state index in [1.54, 1.807) is 0 Å². The Balaban J connectivity index is 1.66. The summed E-state index contributed by atoms with van der Waals surface area (Å²) in [7, 11) is -2.23. The molecule has 1 aliphatic heterocycles. The summed E-state index contributed by atoms with van der Waals surface area (Å²) >= 11 is 0. The van der Waals surface area contributed by atoms with Gasteiger partial charge in [-0.25, -0.2) is 17.2 Å². The number of nitrogens with zero attached hydrogens (tertiary/aromatic N) is 3. The number of rotatable bonds is 5. The maximum absolute atomic E-state index is 13.9. The number of piperazine rings is 1. The van der Waals surface area contributed by atoms with Crippen molar-refractivity contribution in [3.05, 3.63) is 52.9 Å². The fourth-order valence-corrected chi connectivity index (χ4v) is 4.87. The van der Waals surface area contributed by atoms with Crippen molar-refractivity contribution in [3.63, 3.8) is 0 Å². The van der Waals surface area contributed by atoms with Gasteiger partial charge in [0, 0.05) is 50.2 Å². The molecular formula is C19H23F2N3O3S. The summed E-state index contributed by atoms with van der Waals surface area (Å²) < 4.78 is 55.6. The Bertz CT molecular complexity index is 1010. The Kier molecular flexibility index (Phi) is 5.69. The van der Waals surface area contributed by atoms with Gasteiger partial charge in [0.15, 0.2) is 5.78 Å². The van der Waals surface area contributed by atoms with E-state index < -0.39 is 26.6 Å². The maximum atomic E-state index is 13.9. The standard InChI is InChI=1S/C19H23F2N3O3S/c1-13-10-16(14(2)22(13)3)18(25)12-23-6-8-24(9-7-23)28(26,27)19-11-15(20)4-5-17(19)21/h4-5,10-11H,6-9,12H2,1-3H3. The van der Waals surface area contributed by atoms with Crippen LogP contribution >= 0.6 is 0 Å². The minimum Gasteiger partial charge on any atom is -0.351 e. The van der Waals surface area contributed by atoms with E-state index in [0.29, 0.717) is 24.7 Å². The second-order valence-electron chi connectivity index (χ2n) is 7.02. The predicted octanol–water partition coefficient (Wildman–Crippen LogP) is 2.11. The average molecular weight is 411 g/mol. The normalized spacial score (nSPS) is 16.5. The van der Waals surface area contributed by atoms with E-state index in [-0.39, 0.29) is 25.4 Å². The minimum atomic E-state index is -4.12. The van der Waals surface area contributed by atoms with Gasteiger partial charge in [-0.15, -0.1) is 0 Å². The van der Waals surface area contributed by atoms with E-state index in [0.717, 1.165) is 27.8 Å². The number of carbonyl (C=O) groups is 1. The van der Waals surface area contributed by atoms with Crippen molar-refractivity contribution in [3.8, 4) is 0 Å². The molecule has 3 rings (SSSR count). The van der Waals surface area contributed by atoms with E-state index in [9.17, 15) is 22.0 Å². The van der Waals surface area contributed by atoms with Crippen molar-refractivity contribution >= 4 is 15.8 Å². The maximum Gasteiger partial charge on any atom is 0.246 e. The molecule has 9 heteroatoms. The van der Waals surface area contributed by atoms with Crippen LogP contribution in [0.2, 0.25) is 0 Å². The predicted molar refractivity (Wildman–Crippen MR) is 101 cm³/mol. The summed E-state index contributed by atoms with van der Waals surface area (Å²) in [4.78, 5) is 13.8. The van der Waals surface area contributed by atoms with Crippen LogP contribution in [0.4, 0.5) is 8.78 Å². The van der Waals surface area contributed by atoms with Crippen molar-refractivity contribution in [1.82, 2.24) is 13.8 Å². The van der Waals surface area contributed by atoms with Gasteiger partial charge in [0.05, 0.1) is 6.54 Å². The second-order valence-corrected chi connectivity index (χ2v) is 8.93. The lowest BCUT2D eigenvalue weighted by Gasteiger charge is -2.33. The Morgan fingerprint density at radius 1 is 1.07 bits per heavy atom. The van der Waals surface area contributed by atoms with Crippen LogP contribution in [0.15, 0.2) is 29.2 Å². The van der Waals surface area contributed by atoms with Crippen LogP contribution in [0.3, 0.4) is 0 Å². The van der Waals surface area contributed by atoms with Gasteiger partial charge < -0.3 is 4.57 Å². The van der Waals surface area contributed by atoms with Crippen LogP contribution in [0.1, 0.15) is 21.7 Å². The van der Waals surface area contributed by atoms with Crippen molar-refractivity contribution < 1.29 is 22.0 Å². The topological polar surface area (TPSA) is 62.6 Å². The highest BCUT2D eigenvalue weighted by molar-refractivity contribution is 7.89. The molecule has 1 saturated heterocycles. The summed E-state index contributed by atoms with van der Waals surface area (Å²) in [5.41, 5.74) is 2.55. The third-order valence-electron chi connectivity index (χ3n) is 5.29. The van der Waals surface area contributed by atoms with Gasteiger partial charge in [-0.2, -0.15) is 4.31 Å². The molecule has 152 valence electrons. The van der Waals surface area contributed by atoms with Crippen LogP contribution in [-0.2, 0) is 17.1 Å². The zero-order chi connectivity index (χ0) is 20.6. The van der Waals surface area contributed by atoms with Gasteiger partial charge in [-0.1, -0.05) is 0 Å². The Hall–Kier alpha value is -2.10. The molecule has 0 unspecified atom stereocenters. The van der Waals surface area contributed by atoms with Crippen LogP contribution in [0.25, 0.3) is 0 Å². The lowest BCUT2D eigenvalue weighted by atomic mass is 10.1. The lowest BCUT2D eigenvalue weighted by Crippen LogP contribution is -2.49. The molecule has 0 bridgehead atoms. The summed E-state index contributed by atoms with van der Waals surface area (Å²) in [5.74, 6) is -1.81. The van der Waals surface area contributed by atoms with E-state index in [4.69, 9.17) is 0 Å². The summed E-state index contributed by atoms with van der Waals surface area (Å²) in [6.45, 7) is 4.90. The first kappa shape index (κ1) is 20.6. The number of hydrogen-bond acceptors (Lipinski definition) is 4. The van der Waals surface area contributed by atoms with Crippen molar-refractivity contribution in [2.24, 2.45) is 7.05 Å². The first-order valence-electron chi connectivity index (χ1n) is 8.95. The Morgan fingerprint density at radius 2 is 1.71 bits per heavy atom. The molecule has 1 fully saturated rings. The fraction of sp³-hybridized carbons (Fsp3) is 0.421. The molecule has 0 spiro atoms. The number of halogens is 2. The largest absolute Gasteiger partial charge is 0.351 e. The minimum absolute atomic E-state index is 0.0197. The summed E-state index contributed by atoms with van der Waals surface area (Å²) in [5, 5.41) is 0. The molecule has 0 amide bonds. The third-order valence-corrected chi connectivity index (χ3v) is 7.20. The number of aromatic nitrogens is 1. The van der Waals surface area contributed by atoms with Crippen molar-refractivity contribution in [1.29, 1.82) is 0 Å². The first-order chi connectivity index (χ1) is 13.1. The number of ketones is 1. The molecule has 28 heavy (non-hydrogen) atoms. The van der Waals surface area contributed by atoms with E-state index >= 15 is 0 Å². The van der Waals surface area contributed by atoms with Crippen LogP contribution in [0.5, 0.6) is 0 Å². The van der Waals surface area contributed by atoms with Gasteiger partial charge in [-0.3, -0.25) is 9.69 Å². The molecule has 2 aromatic rings. The zero-order valence-electron chi connectivity index (χ0n) is 16.1. The molecule has 0 atom stereocenters. The third kappa shape index (κ3) is 3.87. The van der Waals surface area contributed by atoms with Gasteiger partial charge in [-0.05, 0) is 38.1 Å². The monoisotopic (exact) mass is 411 g/mol. The van der Waals surface area contributed by atoms with Gasteiger partial charge in [0.1, 0.15) is 16.5 Å². The summed E-state index contributed by atoms with van der Waals surface area (Å²) in [6, 6.07) is 4.23. The molecule has 1 aromatic heterocycles. The van der Waals surface area contributed by atoms with Crippen LogP contribution in [-0.4, -0.2) is 60.7 Å². The second kappa shape index (κ2) is 7.73. The van der Waals surface area contributed by atoms with Crippen molar-refractivity contribution in [2.45, 2.75) is 18.7 Å². The number of carbonyl (C=O) groups excluding carboxylic acids is 1. The number of Topliss-reactive ketones (excluding diaryl/α,β-unsaturated/α-hetero) is 1. The SMILES string of the molecule is Cc1cc(C(=O)CN2CCN(S(=O)(=O)c3cc(F)ccc3F)CC2)c(C)n1C. The molecule has 1 aliphatic rings. The smallest absolute Gasteiger partial charge is 0.246 e. The molecule has 6 nitrogen and oxygen atoms in total. The van der Waals surface area contributed by atoms with Crippen LogP contribution in [0, 0.1) is 25.5 Å². The molecule has 0 aliphatic carbocycles. The van der Waals surface area contributed by atoms with Gasteiger partial charge >= 0.3 is 0 Å². The number of hydrogen-bond donors (Lipinski definition) is 0. The van der Waals surface area contributed by atoms with Gasteiger partial charge in [0.2, 0.25) is 10.0 Å². The van der Waals surface area contributed by atoms with Crippen LogP contribution < -0.4 is 0 Å². The highest BCUT2D eigenvalue weighted by Crippen LogP contribution is 2.22. The zero-order valence-corrected chi connectivity index (χ0v) is 16.9. The number of aryl methyl sites for hydroxylation is 1. The molecule has 2 heterocycles. The number of sulfonamides is 1. The van der Waals surface area contributed by atoms with E-state index in [1.165, 1.54) is 0 Å². The quantitative estimate of drug-likeness (QED) is 0.707. The number of benzene rings is 1. The molecular weight excluding hydrogens is 388 g/mol. The van der Waals surface area contributed by atoms with Gasteiger partial charge in [0.25, 0.3) is 0 Å².